The fourth-order valence-corrected chi connectivity index (χ4v) is 3.36. The summed E-state index contributed by atoms with van der Waals surface area (Å²) in [7, 11) is 0. The van der Waals surface area contributed by atoms with E-state index in [4.69, 9.17) is 5.26 Å². The van der Waals surface area contributed by atoms with Crippen LogP contribution in [0.1, 0.15) is 18.4 Å². The quantitative estimate of drug-likeness (QED) is 0.799. The van der Waals surface area contributed by atoms with Gasteiger partial charge in [-0.25, -0.2) is 0 Å². The summed E-state index contributed by atoms with van der Waals surface area (Å²) in [6.07, 6.45) is 2.71. The van der Waals surface area contributed by atoms with E-state index in [0.717, 1.165) is 24.7 Å². The maximum Gasteiger partial charge on any atom is 0.0992 e. The number of nitrogens with zero attached hydrogens (tertiary/aromatic N) is 2. The Kier molecular flexibility index (Phi) is 4.19. The van der Waals surface area contributed by atoms with Gasteiger partial charge in [0.1, 0.15) is 0 Å². The zero-order chi connectivity index (χ0) is 13.8. The molecule has 0 aliphatic carbocycles. The van der Waals surface area contributed by atoms with Crippen LogP contribution in [0.2, 0.25) is 0 Å². The first-order chi connectivity index (χ1) is 9.85. The number of anilines is 1. The van der Waals surface area contributed by atoms with E-state index in [1.165, 1.54) is 32.5 Å². The predicted molar refractivity (Wildman–Crippen MR) is 80.6 cm³/mol. The molecule has 0 radical (unpaired) electrons. The maximum absolute atomic E-state index is 8.87. The van der Waals surface area contributed by atoms with Gasteiger partial charge in [0.25, 0.3) is 0 Å². The highest BCUT2D eigenvalue weighted by molar-refractivity contribution is 5.49. The molecule has 0 saturated carbocycles. The van der Waals surface area contributed by atoms with Crippen molar-refractivity contribution in [2.24, 2.45) is 5.92 Å². The molecule has 4 nitrogen and oxygen atoms in total. The average molecular weight is 270 g/mol. The van der Waals surface area contributed by atoms with E-state index < -0.39 is 0 Å². The summed E-state index contributed by atoms with van der Waals surface area (Å²) in [5.41, 5.74) is 1.74. The van der Waals surface area contributed by atoms with Crippen LogP contribution in [0, 0.1) is 17.2 Å². The van der Waals surface area contributed by atoms with Crippen molar-refractivity contribution in [3.05, 3.63) is 29.8 Å². The molecule has 4 heteroatoms. The lowest BCUT2D eigenvalue weighted by atomic mass is 9.84. The molecule has 0 unspecified atom stereocenters. The molecule has 3 fully saturated rings. The summed E-state index contributed by atoms with van der Waals surface area (Å²) in [6.45, 7) is 5.68. The number of rotatable bonds is 5. The molecule has 0 spiro atoms. The summed E-state index contributed by atoms with van der Waals surface area (Å²) < 4.78 is 0. The van der Waals surface area contributed by atoms with Crippen LogP contribution in [-0.4, -0.2) is 43.7 Å². The standard InChI is InChI=1S/C16H22N4/c17-11-13-2-1-3-15(10-13)18-6-7-19-16-12-20-8-4-14(16)5-9-20/h1-3,10,14,16,18-19H,4-9,12H2/t16-/m1/s1. The Hall–Kier alpha value is -1.57. The Balaban J connectivity index is 1.41. The lowest BCUT2D eigenvalue weighted by molar-refractivity contribution is 0.0735. The minimum atomic E-state index is 0.671. The van der Waals surface area contributed by atoms with Gasteiger partial charge in [-0.2, -0.15) is 5.26 Å². The van der Waals surface area contributed by atoms with Crippen LogP contribution >= 0.6 is 0 Å². The largest absolute Gasteiger partial charge is 0.384 e. The number of piperidine rings is 3. The van der Waals surface area contributed by atoms with Crippen molar-refractivity contribution in [1.82, 2.24) is 10.2 Å². The van der Waals surface area contributed by atoms with E-state index in [2.05, 4.69) is 21.6 Å². The maximum atomic E-state index is 8.87. The number of nitrogens with one attached hydrogen (secondary N) is 2. The van der Waals surface area contributed by atoms with Crippen LogP contribution in [0.15, 0.2) is 24.3 Å². The molecule has 3 aliphatic heterocycles. The summed E-state index contributed by atoms with van der Waals surface area (Å²) in [5.74, 6) is 0.877. The molecule has 2 N–H and O–H groups in total. The van der Waals surface area contributed by atoms with Gasteiger partial charge < -0.3 is 15.5 Å². The molecule has 1 atom stereocenters. The summed E-state index contributed by atoms with van der Waals surface area (Å²) in [4.78, 5) is 2.57. The van der Waals surface area contributed by atoms with E-state index in [1.807, 2.05) is 24.3 Å². The fraction of sp³-hybridized carbons (Fsp3) is 0.562. The molecular formula is C16H22N4. The number of benzene rings is 1. The first kappa shape index (κ1) is 13.4. The van der Waals surface area contributed by atoms with Crippen LogP contribution in [0.4, 0.5) is 5.69 Å². The monoisotopic (exact) mass is 270 g/mol. The molecule has 1 aromatic carbocycles. The zero-order valence-corrected chi connectivity index (χ0v) is 11.8. The molecule has 106 valence electrons. The van der Waals surface area contributed by atoms with Gasteiger partial charge in [0.2, 0.25) is 0 Å². The third-order valence-electron chi connectivity index (χ3n) is 4.51. The Morgan fingerprint density at radius 1 is 1.25 bits per heavy atom. The third-order valence-corrected chi connectivity index (χ3v) is 4.51. The average Bonchev–Trinajstić information content (AvgIpc) is 2.53. The summed E-state index contributed by atoms with van der Waals surface area (Å²) in [5, 5.41) is 15.9. The van der Waals surface area contributed by atoms with Gasteiger partial charge in [0.15, 0.2) is 0 Å². The zero-order valence-electron chi connectivity index (χ0n) is 11.8. The molecular weight excluding hydrogens is 248 g/mol. The highest BCUT2D eigenvalue weighted by Crippen LogP contribution is 2.27. The van der Waals surface area contributed by atoms with Crippen molar-refractivity contribution in [2.75, 3.05) is 38.0 Å². The van der Waals surface area contributed by atoms with Crippen LogP contribution < -0.4 is 10.6 Å². The van der Waals surface area contributed by atoms with Crippen molar-refractivity contribution < 1.29 is 0 Å². The molecule has 20 heavy (non-hydrogen) atoms. The third kappa shape index (κ3) is 3.12. The highest BCUT2D eigenvalue weighted by atomic mass is 15.2. The summed E-state index contributed by atoms with van der Waals surface area (Å²) in [6, 6.07) is 10.5. The molecule has 3 saturated heterocycles. The lowest BCUT2D eigenvalue weighted by Crippen LogP contribution is -2.56. The predicted octanol–water partition coefficient (Wildman–Crippen LogP) is 1.65. The van der Waals surface area contributed by atoms with Crippen molar-refractivity contribution in [1.29, 1.82) is 5.26 Å². The van der Waals surface area contributed by atoms with Crippen molar-refractivity contribution in [2.45, 2.75) is 18.9 Å². The molecule has 0 amide bonds. The molecule has 0 aromatic heterocycles. The van der Waals surface area contributed by atoms with Gasteiger partial charge in [0.05, 0.1) is 11.6 Å². The van der Waals surface area contributed by atoms with Gasteiger partial charge in [-0.3, -0.25) is 0 Å². The number of hydrogen-bond acceptors (Lipinski definition) is 4. The summed E-state index contributed by atoms with van der Waals surface area (Å²) >= 11 is 0. The lowest BCUT2D eigenvalue weighted by Gasteiger charge is -2.45. The van der Waals surface area contributed by atoms with E-state index in [-0.39, 0.29) is 0 Å². The van der Waals surface area contributed by atoms with E-state index >= 15 is 0 Å². The molecule has 3 aliphatic rings. The van der Waals surface area contributed by atoms with E-state index in [1.54, 1.807) is 0 Å². The number of nitriles is 1. The van der Waals surface area contributed by atoms with Crippen LogP contribution in [-0.2, 0) is 0 Å². The fourth-order valence-electron chi connectivity index (χ4n) is 3.36. The van der Waals surface area contributed by atoms with Crippen LogP contribution in [0.5, 0.6) is 0 Å². The van der Waals surface area contributed by atoms with Crippen LogP contribution in [0.3, 0.4) is 0 Å². The molecule has 4 rings (SSSR count). The number of fused-ring (bicyclic) bond motifs is 3. The molecule has 3 heterocycles. The van der Waals surface area contributed by atoms with Crippen molar-refractivity contribution in [3.63, 3.8) is 0 Å². The normalized spacial score (nSPS) is 28.1. The second kappa shape index (κ2) is 6.25. The highest BCUT2D eigenvalue weighted by Gasteiger charge is 2.33. The van der Waals surface area contributed by atoms with Crippen molar-refractivity contribution >= 4 is 5.69 Å². The second-order valence-corrected chi connectivity index (χ2v) is 5.82. The SMILES string of the molecule is N#Cc1cccc(NCCN[C@@H]2CN3CCC2CC3)c1. The van der Waals surface area contributed by atoms with Gasteiger partial charge in [0, 0.05) is 31.4 Å². The first-order valence-electron chi connectivity index (χ1n) is 7.55. The Bertz CT molecular complexity index is 485. The first-order valence-corrected chi connectivity index (χ1v) is 7.55. The Morgan fingerprint density at radius 2 is 2.10 bits per heavy atom. The molecule has 1 aromatic rings. The van der Waals surface area contributed by atoms with E-state index in [0.29, 0.717) is 11.6 Å². The van der Waals surface area contributed by atoms with Gasteiger partial charge >= 0.3 is 0 Å². The van der Waals surface area contributed by atoms with Gasteiger partial charge in [-0.1, -0.05) is 6.07 Å². The Labute approximate surface area is 120 Å². The minimum absolute atomic E-state index is 0.671. The molecule has 2 bridgehead atoms. The topological polar surface area (TPSA) is 51.1 Å². The minimum Gasteiger partial charge on any atom is -0.384 e. The van der Waals surface area contributed by atoms with Crippen molar-refractivity contribution in [3.8, 4) is 6.07 Å². The number of hydrogen-bond donors (Lipinski definition) is 2. The second-order valence-electron chi connectivity index (χ2n) is 5.82. The van der Waals surface area contributed by atoms with Gasteiger partial charge in [-0.05, 0) is 50.0 Å². The van der Waals surface area contributed by atoms with Gasteiger partial charge in [-0.15, -0.1) is 0 Å². The smallest absolute Gasteiger partial charge is 0.0992 e. The van der Waals surface area contributed by atoms with Crippen LogP contribution in [0.25, 0.3) is 0 Å². The van der Waals surface area contributed by atoms with E-state index in [9.17, 15) is 0 Å². The Morgan fingerprint density at radius 3 is 2.80 bits per heavy atom.